The lowest BCUT2D eigenvalue weighted by atomic mass is 10.3. The number of aromatic nitrogens is 2. The lowest BCUT2D eigenvalue weighted by Crippen LogP contribution is -2.26. The number of hydrogen-bond donors (Lipinski definition) is 1. The molecule has 0 bridgehead atoms. The van der Waals surface area contributed by atoms with Crippen molar-refractivity contribution in [1.82, 2.24) is 20.0 Å². The Morgan fingerprint density at radius 1 is 1.31 bits per heavy atom. The Morgan fingerprint density at radius 3 is 2.65 bits per heavy atom. The van der Waals surface area contributed by atoms with Gasteiger partial charge in [0.05, 0.1) is 16.3 Å². The molecule has 0 atom stereocenters. The fourth-order valence-electron chi connectivity index (χ4n) is 2.60. The summed E-state index contributed by atoms with van der Waals surface area (Å²) in [5, 5.41) is 9.28. The van der Waals surface area contributed by atoms with Crippen molar-refractivity contribution in [1.29, 1.82) is 0 Å². The molecule has 3 aromatic rings. The highest BCUT2D eigenvalue weighted by atomic mass is 35.5. The molecule has 26 heavy (non-hydrogen) atoms. The Balaban J connectivity index is 0.00000243. The molecule has 0 spiro atoms. The molecule has 1 N–H and O–H groups in total. The Labute approximate surface area is 168 Å². The number of hydrogen-bond acceptors (Lipinski definition) is 4. The standard InChI is InChI=1S/C18H21ClN4OS.ClH/c1-12-15-11-16(17(24)20-9-4-10-22(2)3)25-18(15)23(21-12)14-7-5-13(19)6-8-14;/h5-8,11H,4,9-10H2,1-3H3,(H,20,24);1H. The summed E-state index contributed by atoms with van der Waals surface area (Å²) in [6.07, 6.45) is 0.932. The zero-order valence-corrected chi connectivity index (χ0v) is 17.3. The van der Waals surface area contributed by atoms with Gasteiger partial charge in [0.1, 0.15) is 4.83 Å². The topological polar surface area (TPSA) is 50.2 Å². The Kier molecular flexibility index (Phi) is 7.06. The minimum Gasteiger partial charge on any atom is -0.351 e. The van der Waals surface area contributed by atoms with E-state index < -0.39 is 0 Å². The molecule has 0 aliphatic carbocycles. The molecule has 0 fully saturated rings. The van der Waals surface area contributed by atoms with Crippen LogP contribution >= 0.6 is 35.3 Å². The van der Waals surface area contributed by atoms with Crippen LogP contribution < -0.4 is 5.32 Å². The summed E-state index contributed by atoms with van der Waals surface area (Å²) in [7, 11) is 4.05. The van der Waals surface area contributed by atoms with Gasteiger partial charge in [0.15, 0.2) is 0 Å². The van der Waals surface area contributed by atoms with E-state index in [1.54, 1.807) is 0 Å². The van der Waals surface area contributed by atoms with Gasteiger partial charge in [0, 0.05) is 17.0 Å². The number of carbonyl (C=O) groups excluding carboxylic acids is 1. The van der Waals surface area contributed by atoms with Gasteiger partial charge in [-0.25, -0.2) is 4.68 Å². The van der Waals surface area contributed by atoms with Crippen LogP contribution in [0.3, 0.4) is 0 Å². The van der Waals surface area contributed by atoms with Gasteiger partial charge in [0.2, 0.25) is 0 Å². The molecular formula is C18H22Cl2N4OS. The highest BCUT2D eigenvalue weighted by Gasteiger charge is 2.17. The van der Waals surface area contributed by atoms with Gasteiger partial charge in [-0.1, -0.05) is 11.6 Å². The Hall–Kier alpha value is -1.60. The predicted octanol–water partition coefficient (Wildman–Crippen LogP) is 4.15. The van der Waals surface area contributed by atoms with E-state index in [0.717, 1.165) is 34.6 Å². The normalized spacial score (nSPS) is 11.0. The molecule has 5 nitrogen and oxygen atoms in total. The first-order chi connectivity index (χ1) is 12.0. The van der Waals surface area contributed by atoms with Crippen LogP contribution in [0.4, 0.5) is 0 Å². The fraction of sp³-hybridized carbons (Fsp3) is 0.333. The van der Waals surface area contributed by atoms with Crippen molar-refractivity contribution in [3.8, 4) is 5.69 Å². The first-order valence-corrected chi connectivity index (χ1v) is 9.33. The summed E-state index contributed by atoms with van der Waals surface area (Å²) in [6.45, 7) is 3.59. The minimum atomic E-state index is -0.0259. The zero-order valence-electron chi connectivity index (χ0n) is 15.0. The van der Waals surface area contributed by atoms with Crippen LogP contribution in [0.15, 0.2) is 30.3 Å². The van der Waals surface area contributed by atoms with Crippen molar-refractivity contribution in [2.24, 2.45) is 0 Å². The lowest BCUT2D eigenvalue weighted by Gasteiger charge is -2.09. The average molecular weight is 413 g/mol. The van der Waals surface area contributed by atoms with Crippen molar-refractivity contribution in [3.05, 3.63) is 45.9 Å². The van der Waals surface area contributed by atoms with Crippen LogP contribution in [0.25, 0.3) is 15.9 Å². The number of amides is 1. The molecule has 0 saturated carbocycles. The maximum atomic E-state index is 12.4. The van der Waals surface area contributed by atoms with Gasteiger partial charge in [0.25, 0.3) is 5.91 Å². The second kappa shape index (κ2) is 8.86. The smallest absolute Gasteiger partial charge is 0.261 e. The molecule has 0 unspecified atom stereocenters. The SMILES string of the molecule is Cc1nn(-c2ccc(Cl)cc2)c2sc(C(=O)NCCCN(C)C)cc12.Cl. The molecule has 2 heterocycles. The number of benzene rings is 1. The molecule has 8 heteroatoms. The fourth-order valence-corrected chi connectivity index (χ4v) is 3.83. The summed E-state index contributed by atoms with van der Waals surface area (Å²) in [5.74, 6) is -0.0259. The van der Waals surface area contributed by atoms with Gasteiger partial charge in [-0.15, -0.1) is 23.7 Å². The third-order valence-corrected chi connectivity index (χ3v) is 5.27. The zero-order chi connectivity index (χ0) is 18.0. The summed E-state index contributed by atoms with van der Waals surface area (Å²) in [5.41, 5.74) is 1.84. The van der Waals surface area contributed by atoms with Crippen molar-refractivity contribution in [2.75, 3.05) is 27.2 Å². The predicted molar refractivity (Wildman–Crippen MR) is 111 cm³/mol. The molecule has 0 radical (unpaired) electrons. The first kappa shape index (κ1) is 20.7. The number of rotatable bonds is 6. The molecule has 3 rings (SSSR count). The third kappa shape index (κ3) is 4.57. The summed E-state index contributed by atoms with van der Waals surface area (Å²) in [6, 6.07) is 9.46. The quantitative estimate of drug-likeness (QED) is 0.618. The van der Waals surface area contributed by atoms with E-state index in [4.69, 9.17) is 11.6 Å². The van der Waals surface area contributed by atoms with Crippen LogP contribution in [0, 0.1) is 6.92 Å². The van der Waals surface area contributed by atoms with Crippen LogP contribution in [0.5, 0.6) is 0 Å². The van der Waals surface area contributed by atoms with Gasteiger partial charge in [-0.2, -0.15) is 5.10 Å². The molecule has 2 aromatic heterocycles. The van der Waals surface area contributed by atoms with Crippen molar-refractivity contribution in [2.45, 2.75) is 13.3 Å². The van der Waals surface area contributed by atoms with Gasteiger partial charge < -0.3 is 10.2 Å². The second-order valence-corrected chi connectivity index (χ2v) is 7.68. The number of nitrogens with zero attached hydrogens (tertiary/aromatic N) is 3. The van der Waals surface area contributed by atoms with E-state index in [9.17, 15) is 4.79 Å². The summed E-state index contributed by atoms with van der Waals surface area (Å²) in [4.78, 5) is 16.2. The largest absolute Gasteiger partial charge is 0.351 e. The van der Waals surface area contributed by atoms with Crippen molar-refractivity contribution in [3.63, 3.8) is 0 Å². The van der Waals surface area contributed by atoms with Crippen LogP contribution in [0.1, 0.15) is 21.8 Å². The molecule has 0 aliphatic rings. The van der Waals surface area contributed by atoms with E-state index in [-0.39, 0.29) is 18.3 Å². The highest BCUT2D eigenvalue weighted by Crippen LogP contribution is 2.30. The first-order valence-electron chi connectivity index (χ1n) is 8.14. The van der Waals surface area contributed by atoms with Crippen molar-refractivity contribution >= 4 is 51.5 Å². The van der Waals surface area contributed by atoms with Gasteiger partial charge >= 0.3 is 0 Å². The van der Waals surface area contributed by atoms with Crippen molar-refractivity contribution < 1.29 is 4.79 Å². The maximum absolute atomic E-state index is 12.4. The van der Waals surface area contributed by atoms with E-state index in [1.165, 1.54) is 11.3 Å². The number of fused-ring (bicyclic) bond motifs is 1. The number of halogens is 2. The van der Waals surface area contributed by atoms with Crippen LogP contribution in [0.2, 0.25) is 5.02 Å². The van der Waals surface area contributed by atoms with Gasteiger partial charge in [-0.05, 0) is 64.3 Å². The third-order valence-electron chi connectivity index (χ3n) is 3.91. The molecule has 140 valence electrons. The molecule has 1 aromatic carbocycles. The van der Waals surface area contributed by atoms with E-state index in [1.807, 2.05) is 56.0 Å². The van der Waals surface area contributed by atoms with Crippen LogP contribution in [-0.4, -0.2) is 47.8 Å². The number of thiophene rings is 1. The van der Waals surface area contributed by atoms with Crippen LogP contribution in [-0.2, 0) is 0 Å². The van der Waals surface area contributed by atoms with Gasteiger partial charge in [-0.3, -0.25) is 4.79 Å². The molecule has 1 amide bonds. The van der Waals surface area contributed by atoms with E-state index >= 15 is 0 Å². The Bertz CT molecular complexity index is 887. The molecule has 0 aliphatic heterocycles. The maximum Gasteiger partial charge on any atom is 0.261 e. The molecular weight excluding hydrogens is 391 g/mol. The Morgan fingerprint density at radius 2 is 2.00 bits per heavy atom. The van der Waals surface area contributed by atoms with E-state index in [0.29, 0.717) is 16.4 Å². The number of aryl methyl sites for hydroxylation is 1. The summed E-state index contributed by atoms with van der Waals surface area (Å²) >= 11 is 7.43. The number of carbonyl (C=O) groups is 1. The minimum absolute atomic E-state index is 0. The monoisotopic (exact) mass is 412 g/mol. The lowest BCUT2D eigenvalue weighted by molar-refractivity contribution is 0.0956. The van der Waals surface area contributed by atoms with E-state index in [2.05, 4.69) is 15.3 Å². The highest BCUT2D eigenvalue weighted by molar-refractivity contribution is 7.20. The number of nitrogens with one attached hydrogen (secondary N) is 1. The summed E-state index contributed by atoms with van der Waals surface area (Å²) < 4.78 is 1.87. The second-order valence-electron chi connectivity index (χ2n) is 6.22. The average Bonchev–Trinajstić information content (AvgIpc) is 3.13. The molecule has 0 saturated heterocycles.